The fourth-order valence-corrected chi connectivity index (χ4v) is 4.31. The molecule has 7 nitrogen and oxygen atoms in total. The van der Waals surface area contributed by atoms with Crippen LogP contribution in [0.1, 0.15) is 10.4 Å². The minimum absolute atomic E-state index is 0. The normalized spacial score (nSPS) is 10.7. The second-order valence-corrected chi connectivity index (χ2v) is 8.52. The van der Waals surface area contributed by atoms with Crippen molar-refractivity contribution >= 4 is 33.7 Å². The summed E-state index contributed by atoms with van der Waals surface area (Å²) in [4.78, 5) is 27.1. The van der Waals surface area contributed by atoms with Crippen LogP contribution < -0.4 is 10.5 Å². The largest absolute Gasteiger partial charge is 0.506 e. The Balaban J connectivity index is 0.00000205. The summed E-state index contributed by atoms with van der Waals surface area (Å²) in [5.74, 6) is -4.58. The molecule has 5 aromatic rings. The van der Waals surface area contributed by atoms with E-state index in [1.807, 2.05) is 0 Å². The molecule has 0 saturated heterocycles. The summed E-state index contributed by atoms with van der Waals surface area (Å²) >= 11 is 0. The molecule has 0 unspecified atom stereocenters. The summed E-state index contributed by atoms with van der Waals surface area (Å²) < 4.78 is 68.4. The number of hydrogen-bond donors (Lipinski definition) is 1. The number of Topliss-reactive ketones (excluding diaryl/α,β-unsaturated/α-hetero) is 1. The van der Waals surface area contributed by atoms with Crippen LogP contribution in [0.2, 0.25) is 0 Å². The number of alkyl halides is 3. The molecule has 0 aliphatic heterocycles. The van der Waals surface area contributed by atoms with Gasteiger partial charge < -0.3 is 21.0 Å². The first kappa shape index (κ1) is 34.7. The van der Waals surface area contributed by atoms with E-state index in [9.17, 15) is 36.6 Å². The van der Waals surface area contributed by atoms with Gasteiger partial charge in [0.2, 0.25) is 0 Å². The first-order valence-corrected chi connectivity index (χ1v) is 11.5. The number of halogens is 5. The van der Waals surface area contributed by atoms with E-state index in [1.165, 1.54) is 78.9 Å². The fourth-order valence-electron chi connectivity index (χ4n) is 4.31. The van der Waals surface area contributed by atoms with Crippen LogP contribution in [0.3, 0.4) is 0 Å². The van der Waals surface area contributed by atoms with Crippen molar-refractivity contribution in [3.63, 3.8) is 0 Å². The van der Waals surface area contributed by atoms with Gasteiger partial charge in [0.1, 0.15) is 22.9 Å². The SMILES string of the molecule is O.O.O=C(c1c(O)c2ccc(N(c3ccc(F)cc3)c3ccc(F)cc3)cc2n(-c2ccccc2)c1=O)C(F)(F)F.[Eu]. The Kier molecular flexibility index (Phi) is 11.3. The van der Waals surface area contributed by atoms with Crippen molar-refractivity contribution in [1.82, 2.24) is 4.57 Å². The van der Waals surface area contributed by atoms with E-state index in [0.717, 1.165) is 4.57 Å². The van der Waals surface area contributed by atoms with Gasteiger partial charge in [0.25, 0.3) is 11.3 Å². The third-order valence-electron chi connectivity index (χ3n) is 6.06. The maximum atomic E-state index is 13.7. The molecule has 1 radical (unpaired) electrons. The summed E-state index contributed by atoms with van der Waals surface area (Å²) in [6, 6.07) is 22.5. The number of pyridine rings is 1. The zero-order valence-corrected chi connectivity index (χ0v) is 23.6. The average Bonchev–Trinajstić information content (AvgIpc) is 2.91. The predicted octanol–water partition coefficient (Wildman–Crippen LogP) is 5.54. The quantitative estimate of drug-likeness (QED) is 0.189. The molecule has 0 fully saturated rings. The van der Waals surface area contributed by atoms with Crippen LogP contribution >= 0.6 is 0 Å². The fraction of sp³-hybridized carbons (Fsp3) is 0.0345. The van der Waals surface area contributed by atoms with Gasteiger partial charge in [-0.3, -0.25) is 14.2 Å². The number of fused-ring (bicyclic) bond motifs is 1. The second kappa shape index (κ2) is 13.7. The number of carbonyl (C=O) groups excluding carboxylic acids is 1. The van der Waals surface area contributed by atoms with Crippen molar-refractivity contribution < 1.29 is 92.2 Å². The standard InChI is InChI=1S/C29H17F5N2O3.Eu.2H2O/c30-17-6-10-20(11-7-17)35(21-12-8-18(31)9-13-21)22-14-15-23-24(16-22)36(19-4-2-1-3-5-19)28(39)25(26(23)37)27(38)29(32,33)34;;;/h1-16,37H;;2*1H2. The summed E-state index contributed by atoms with van der Waals surface area (Å²) in [5, 5.41) is 10.5. The van der Waals surface area contributed by atoms with Crippen molar-refractivity contribution in [2.24, 2.45) is 0 Å². The molecule has 0 atom stereocenters. The van der Waals surface area contributed by atoms with Gasteiger partial charge in [0.15, 0.2) is 0 Å². The predicted molar refractivity (Wildman–Crippen MR) is 143 cm³/mol. The number of para-hydroxylation sites is 1. The first-order chi connectivity index (χ1) is 18.6. The molecule has 1 aromatic heterocycles. The Morgan fingerprint density at radius 1 is 0.738 bits per heavy atom. The molecule has 0 amide bonds. The van der Waals surface area contributed by atoms with E-state index >= 15 is 0 Å². The van der Waals surface area contributed by atoms with E-state index < -0.39 is 40.5 Å². The summed E-state index contributed by atoms with van der Waals surface area (Å²) in [6.07, 6.45) is -5.40. The van der Waals surface area contributed by atoms with Crippen LogP contribution in [0.15, 0.2) is 102 Å². The number of benzene rings is 4. The minimum Gasteiger partial charge on any atom is -0.506 e. The molecule has 5 rings (SSSR count). The zero-order chi connectivity index (χ0) is 27.9. The number of rotatable bonds is 5. The summed E-state index contributed by atoms with van der Waals surface area (Å²) in [5.41, 5.74) is -1.38. The third kappa shape index (κ3) is 6.60. The smallest absolute Gasteiger partial charge is 0.455 e. The molecular weight excluding hydrogens is 703 g/mol. The molecule has 5 N–H and O–H groups in total. The Morgan fingerprint density at radius 2 is 1.21 bits per heavy atom. The van der Waals surface area contributed by atoms with Crippen LogP contribution in [0.5, 0.6) is 5.75 Å². The van der Waals surface area contributed by atoms with E-state index in [0.29, 0.717) is 17.1 Å². The van der Waals surface area contributed by atoms with Crippen LogP contribution in [-0.4, -0.2) is 32.6 Å². The molecule has 0 spiro atoms. The van der Waals surface area contributed by atoms with Gasteiger partial charge in [-0.1, -0.05) is 18.2 Å². The van der Waals surface area contributed by atoms with Gasteiger partial charge in [0, 0.05) is 77.5 Å². The number of aromatic nitrogens is 1. The number of aromatic hydroxyl groups is 1. The molecule has 42 heavy (non-hydrogen) atoms. The van der Waals surface area contributed by atoms with Gasteiger partial charge >= 0.3 is 6.18 Å². The van der Waals surface area contributed by atoms with Gasteiger partial charge in [-0.2, -0.15) is 13.2 Å². The molecule has 0 saturated carbocycles. The zero-order valence-electron chi connectivity index (χ0n) is 21.2. The Hall–Kier alpha value is -3.49. The molecule has 0 bridgehead atoms. The molecule has 13 heteroatoms. The summed E-state index contributed by atoms with van der Waals surface area (Å²) in [7, 11) is 0. The van der Waals surface area contributed by atoms with Crippen molar-refractivity contribution in [2.45, 2.75) is 6.18 Å². The minimum atomic E-state index is -5.40. The number of nitrogens with zero attached hydrogens (tertiary/aromatic N) is 2. The molecule has 1 heterocycles. The molecule has 219 valence electrons. The van der Waals surface area contributed by atoms with E-state index in [4.69, 9.17) is 0 Å². The first-order valence-electron chi connectivity index (χ1n) is 11.5. The third-order valence-corrected chi connectivity index (χ3v) is 6.06. The molecule has 0 aliphatic rings. The van der Waals surface area contributed by atoms with Crippen LogP contribution in [0, 0.1) is 61.0 Å². The Labute approximate surface area is 275 Å². The topological polar surface area (TPSA) is 126 Å². The van der Waals surface area contributed by atoms with Crippen LogP contribution in [0.25, 0.3) is 16.6 Å². The Morgan fingerprint density at radius 3 is 1.69 bits per heavy atom. The number of ketones is 1. The monoisotopic (exact) mass is 725 g/mol. The maximum Gasteiger partial charge on any atom is 0.455 e. The number of anilines is 3. The van der Waals surface area contributed by atoms with Crippen LogP contribution in [0.4, 0.5) is 39.0 Å². The van der Waals surface area contributed by atoms with E-state index in [1.54, 1.807) is 23.1 Å². The van der Waals surface area contributed by atoms with Crippen molar-refractivity contribution in [2.75, 3.05) is 4.90 Å². The van der Waals surface area contributed by atoms with E-state index in [-0.39, 0.29) is 76.9 Å². The van der Waals surface area contributed by atoms with Gasteiger partial charge in [0.05, 0.1) is 5.52 Å². The number of hydrogen-bond acceptors (Lipinski definition) is 4. The van der Waals surface area contributed by atoms with Crippen molar-refractivity contribution in [1.29, 1.82) is 0 Å². The Bertz CT molecular complexity index is 1720. The van der Waals surface area contributed by atoms with Crippen molar-refractivity contribution in [3.05, 3.63) is 125 Å². The van der Waals surface area contributed by atoms with Crippen LogP contribution in [-0.2, 0) is 0 Å². The van der Waals surface area contributed by atoms with E-state index in [2.05, 4.69) is 0 Å². The van der Waals surface area contributed by atoms with Crippen molar-refractivity contribution in [3.8, 4) is 11.4 Å². The maximum absolute atomic E-state index is 13.7. The van der Waals surface area contributed by atoms with Gasteiger partial charge in [-0.25, -0.2) is 8.78 Å². The number of carbonyl (C=O) groups is 1. The average molecular weight is 724 g/mol. The molecule has 4 aromatic carbocycles. The molecular formula is C29H21EuF5N2O5. The van der Waals surface area contributed by atoms with Gasteiger partial charge in [-0.05, 0) is 78.9 Å². The summed E-state index contributed by atoms with van der Waals surface area (Å²) in [6.45, 7) is 0. The van der Waals surface area contributed by atoms with Gasteiger partial charge in [-0.15, -0.1) is 0 Å². The second-order valence-electron chi connectivity index (χ2n) is 8.52. The molecule has 0 aliphatic carbocycles.